The number of para-hydroxylation sites is 3. The fourth-order valence-electron chi connectivity index (χ4n) is 5.43. The Morgan fingerprint density at radius 1 is 0.476 bits per heavy atom. The average Bonchev–Trinajstić information content (AvgIpc) is 3.46. The summed E-state index contributed by atoms with van der Waals surface area (Å²) in [6.45, 7) is 0. The van der Waals surface area contributed by atoms with E-state index in [-0.39, 0.29) is 5.69 Å². The number of benzene rings is 5. The van der Waals surface area contributed by atoms with E-state index in [1.54, 1.807) is 8.97 Å². The molecular formula is C35H22N6O. The molecule has 0 saturated heterocycles. The summed E-state index contributed by atoms with van der Waals surface area (Å²) in [6.07, 6.45) is 0. The first-order valence-corrected chi connectivity index (χ1v) is 13.6. The maximum absolute atomic E-state index is 14.2. The molecule has 3 aromatic heterocycles. The van der Waals surface area contributed by atoms with Crippen LogP contribution >= 0.6 is 0 Å². The normalized spacial score (nSPS) is 11.4. The highest BCUT2D eigenvalue weighted by molar-refractivity contribution is 5.97. The summed E-state index contributed by atoms with van der Waals surface area (Å²) in [6, 6.07) is 43.1. The van der Waals surface area contributed by atoms with Crippen molar-refractivity contribution in [3.8, 4) is 39.9 Å². The Kier molecular flexibility index (Phi) is 5.46. The van der Waals surface area contributed by atoms with Crippen LogP contribution in [0, 0.1) is 0 Å². The minimum absolute atomic E-state index is 0.194. The summed E-state index contributed by atoms with van der Waals surface area (Å²) >= 11 is 0. The topological polar surface area (TPSA) is 78.0 Å². The molecule has 8 rings (SSSR count). The molecule has 0 aliphatic heterocycles. The van der Waals surface area contributed by atoms with Gasteiger partial charge in [-0.1, -0.05) is 97.1 Å². The number of nitrogens with zero attached hydrogens (tertiary/aromatic N) is 6. The Bertz CT molecular complexity index is 2270. The highest BCUT2D eigenvalue weighted by Gasteiger charge is 2.18. The van der Waals surface area contributed by atoms with Crippen molar-refractivity contribution in [2.45, 2.75) is 0 Å². The Labute approximate surface area is 240 Å². The van der Waals surface area contributed by atoms with Gasteiger partial charge in [0.05, 0.1) is 22.2 Å². The van der Waals surface area contributed by atoms with Gasteiger partial charge in [-0.3, -0.25) is 4.57 Å². The summed E-state index contributed by atoms with van der Waals surface area (Å²) in [5.41, 5.74) is 6.04. The molecule has 7 heteroatoms. The molecule has 0 amide bonds. The van der Waals surface area contributed by atoms with Crippen LogP contribution in [-0.4, -0.2) is 28.9 Å². The largest absolute Gasteiger partial charge is 0.339 e. The predicted octanol–water partition coefficient (Wildman–Crippen LogP) is 6.98. The maximum Gasteiger partial charge on any atom is 0.339 e. The summed E-state index contributed by atoms with van der Waals surface area (Å²) in [5.74, 6) is 1.69. The third-order valence-electron chi connectivity index (χ3n) is 7.39. The van der Waals surface area contributed by atoms with E-state index < -0.39 is 0 Å². The lowest BCUT2D eigenvalue weighted by Crippen LogP contribution is -2.25. The number of imidazole rings is 1. The smallest absolute Gasteiger partial charge is 0.262 e. The molecule has 0 spiro atoms. The lowest BCUT2D eigenvalue weighted by Gasteiger charge is -2.13. The lowest BCUT2D eigenvalue weighted by atomic mass is 10.1. The number of rotatable bonds is 4. The molecule has 198 valence electrons. The fourth-order valence-corrected chi connectivity index (χ4v) is 5.43. The molecule has 0 aliphatic carbocycles. The van der Waals surface area contributed by atoms with Crippen LogP contribution in [0.5, 0.6) is 0 Å². The van der Waals surface area contributed by atoms with Crippen molar-refractivity contribution < 1.29 is 0 Å². The zero-order chi connectivity index (χ0) is 28.0. The molecule has 0 N–H and O–H groups in total. The van der Waals surface area contributed by atoms with E-state index in [1.807, 2.05) is 133 Å². The van der Waals surface area contributed by atoms with Crippen molar-refractivity contribution in [1.82, 2.24) is 28.9 Å². The molecule has 8 aromatic rings. The minimum atomic E-state index is -0.194. The molecule has 7 nitrogen and oxygen atoms in total. The van der Waals surface area contributed by atoms with Crippen LogP contribution in [0.1, 0.15) is 0 Å². The molecule has 0 saturated carbocycles. The number of hydrogen-bond donors (Lipinski definition) is 0. The zero-order valence-corrected chi connectivity index (χ0v) is 22.3. The fraction of sp³-hybridized carbons (Fsp3) is 0. The monoisotopic (exact) mass is 542 g/mol. The Morgan fingerprint density at radius 2 is 1.02 bits per heavy atom. The number of fused-ring (bicyclic) bond motifs is 5. The average molecular weight is 543 g/mol. The SMILES string of the molecule is O=c1n(-c2cccc(-c3nc(-c4ccccc4)nc(-c4ccccc4)n3)c2)c2ccccc2c2nc3ccccc3n12. The predicted molar refractivity (Wildman–Crippen MR) is 165 cm³/mol. The van der Waals surface area contributed by atoms with Gasteiger partial charge in [-0.2, -0.15) is 0 Å². The Balaban J connectivity index is 1.37. The summed E-state index contributed by atoms with van der Waals surface area (Å²) < 4.78 is 3.42. The minimum Gasteiger partial charge on any atom is -0.262 e. The van der Waals surface area contributed by atoms with Crippen molar-refractivity contribution in [1.29, 1.82) is 0 Å². The molecule has 0 radical (unpaired) electrons. The highest BCUT2D eigenvalue weighted by atomic mass is 16.1. The standard InChI is InChI=1S/C35H22N6O/c42-35-40(29-20-9-7-18-27(29)34-36-28-19-8-10-21-30(28)41(34)35)26-17-11-16-25(22-26)33-38-31(23-12-3-1-4-13-23)37-32(39-33)24-14-5-2-6-15-24/h1-22H. The van der Waals surface area contributed by atoms with Crippen molar-refractivity contribution in [3.63, 3.8) is 0 Å². The summed E-state index contributed by atoms with van der Waals surface area (Å²) in [7, 11) is 0. The molecule has 5 aromatic carbocycles. The Morgan fingerprint density at radius 3 is 1.71 bits per heavy atom. The summed E-state index contributed by atoms with van der Waals surface area (Å²) in [5, 5.41) is 0.886. The van der Waals surface area contributed by atoms with E-state index in [0.717, 1.165) is 38.6 Å². The molecule has 0 fully saturated rings. The van der Waals surface area contributed by atoms with E-state index in [2.05, 4.69) is 0 Å². The van der Waals surface area contributed by atoms with E-state index in [0.29, 0.717) is 28.8 Å². The maximum atomic E-state index is 14.2. The first kappa shape index (κ1) is 23.9. The van der Waals surface area contributed by atoms with Gasteiger partial charge in [0.2, 0.25) is 0 Å². The van der Waals surface area contributed by atoms with Gasteiger partial charge in [0.25, 0.3) is 0 Å². The van der Waals surface area contributed by atoms with Crippen LogP contribution in [0.3, 0.4) is 0 Å². The van der Waals surface area contributed by atoms with Crippen LogP contribution in [0.2, 0.25) is 0 Å². The molecule has 0 atom stereocenters. The van der Waals surface area contributed by atoms with Gasteiger partial charge in [0.1, 0.15) is 0 Å². The van der Waals surface area contributed by atoms with Crippen LogP contribution < -0.4 is 5.69 Å². The van der Waals surface area contributed by atoms with E-state index in [4.69, 9.17) is 19.9 Å². The zero-order valence-electron chi connectivity index (χ0n) is 22.3. The quantitative estimate of drug-likeness (QED) is 0.240. The van der Waals surface area contributed by atoms with Gasteiger partial charge in [-0.05, 0) is 36.4 Å². The third kappa shape index (κ3) is 3.87. The van der Waals surface area contributed by atoms with Crippen LogP contribution in [0.4, 0.5) is 0 Å². The van der Waals surface area contributed by atoms with E-state index >= 15 is 0 Å². The van der Waals surface area contributed by atoms with Crippen molar-refractivity contribution in [3.05, 3.63) is 144 Å². The second-order valence-corrected chi connectivity index (χ2v) is 9.98. The molecule has 42 heavy (non-hydrogen) atoms. The van der Waals surface area contributed by atoms with Gasteiger partial charge in [0, 0.05) is 22.1 Å². The Hall–Kier alpha value is -5.95. The molecule has 0 aliphatic rings. The van der Waals surface area contributed by atoms with Crippen LogP contribution in [0.25, 0.3) is 67.4 Å². The molecule has 3 heterocycles. The lowest BCUT2D eigenvalue weighted by molar-refractivity contribution is 0.931. The first-order chi connectivity index (χ1) is 20.7. The molecule has 0 unspecified atom stereocenters. The van der Waals surface area contributed by atoms with Gasteiger partial charge < -0.3 is 0 Å². The molecule has 0 bridgehead atoms. The molecular weight excluding hydrogens is 520 g/mol. The van der Waals surface area contributed by atoms with Gasteiger partial charge in [0.15, 0.2) is 23.1 Å². The highest BCUT2D eigenvalue weighted by Crippen LogP contribution is 2.28. The first-order valence-electron chi connectivity index (χ1n) is 13.6. The van der Waals surface area contributed by atoms with Crippen molar-refractivity contribution in [2.75, 3.05) is 0 Å². The van der Waals surface area contributed by atoms with E-state index in [1.165, 1.54) is 0 Å². The van der Waals surface area contributed by atoms with Gasteiger partial charge >= 0.3 is 5.69 Å². The van der Waals surface area contributed by atoms with Gasteiger partial charge in [-0.25, -0.2) is 29.1 Å². The van der Waals surface area contributed by atoms with Crippen molar-refractivity contribution in [2.24, 2.45) is 0 Å². The van der Waals surface area contributed by atoms with E-state index in [9.17, 15) is 4.79 Å². The number of hydrogen-bond acceptors (Lipinski definition) is 5. The number of aromatic nitrogens is 6. The second kappa shape index (κ2) is 9.60. The van der Waals surface area contributed by atoms with Gasteiger partial charge in [-0.15, -0.1) is 0 Å². The van der Waals surface area contributed by atoms with Crippen LogP contribution in [-0.2, 0) is 0 Å². The van der Waals surface area contributed by atoms with Crippen molar-refractivity contribution >= 4 is 27.6 Å². The third-order valence-corrected chi connectivity index (χ3v) is 7.39. The van der Waals surface area contributed by atoms with Crippen LogP contribution in [0.15, 0.2) is 138 Å². The second-order valence-electron chi connectivity index (χ2n) is 9.98. The summed E-state index contributed by atoms with van der Waals surface area (Å²) in [4.78, 5) is 33.6.